The molecule has 0 aliphatic rings. The van der Waals surface area contributed by atoms with E-state index in [4.69, 9.17) is 21.1 Å². The van der Waals surface area contributed by atoms with E-state index in [2.05, 4.69) is 25.9 Å². The van der Waals surface area contributed by atoms with Crippen LogP contribution in [0.3, 0.4) is 0 Å². The van der Waals surface area contributed by atoms with Crippen LogP contribution in [-0.2, 0) is 12.5 Å². The van der Waals surface area contributed by atoms with Gasteiger partial charge in [-0.15, -0.1) is 11.6 Å². The standard InChI is InChI=1S/C13H12BrClN2O2/c1-18-11-6-9(7-15)5-10(14)13(11)19-8-12-16-3-2-4-17-12/h2-6H,7-8H2,1H3. The summed E-state index contributed by atoms with van der Waals surface area (Å²) in [5.74, 6) is 2.26. The Hall–Kier alpha value is -1.33. The largest absolute Gasteiger partial charge is 0.493 e. The molecule has 0 fully saturated rings. The number of hydrogen-bond donors (Lipinski definition) is 0. The third kappa shape index (κ3) is 3.58. The molecule has 2 aromatic rings. The maximum atomic E-state index is 5.82. The van der Waals surface area contributed by atoms with Crippen LogP contribution in [0, 0.1) is 0 Å². The predicted molar refractivity (Wildman–Crippen MR) is 76.6 cm³/mol. The monoisotopic (exact) mass is 342 g/mol. The fourth-order valence-corrected chi connectivity index (χ4v) is 2.29. The highest BCUT2D eigenvalue weighted by Gasteiger charge is 2.12. The van der Waals surface area contributed by atoms with Crippen molar-refractivity contribution in [3.05, 3.63) is 46.5 Å². The van der Waals surface area contributed by atoms with Crippen molar-refractivity contribution in [2.45, 2.75) is 12.5 Å². The molecule has 4 nitrogen and oxygen atoms in total. The van der Waals surface area contributed by atoms with Gasteiger partial charge in [-0.25, -0.2) is 9.97 Å². The van der Waals surface area contributed by atoms with E-state index in [0.29, 0.717) is 23.2 Å². The number of ether oxygens (including phenoxy) is 2. The van der Waals surface area contributed by atoms with Gasteiger partial charge in [0.25, 0.3) is 0 Å². The van der Waals surface area contributed by atoms with Crippen molar-refractivity contribution in [2.75, 3.05) is 7.11 Å². The maximum absolute atomic E-state index is 5.82. The van der Waals surface area contributed by atoms with Crippen LogP contribution >= 0.6 is 27.5 Å². The number of hydrogen-bond acceptors (Lipinski definition) is 4. The topological polar surface area (TPSA) is 44.2 Å². The Bertz CT molecular complexity index is 552. The zero-order valence-electron chi connectivity index (χ0n) is 10.3. The zero-order chi connectivity index (χ0) is 13.7. The van der Waals surface area contributed by atoms with Crippen molar-refractivity contribution in [3.63, 3.8) is 0 Å². The van der Waals surface area contributed by atoms with E-state index >= 15 is 0 Å². The quantitative estimate of drug-likeness (QED) is 0.779. The van der Waals surface area contributed by atoms with Crippen LogP contribution in [0.5, 0.6) is 11.5 Å². The van der Waals surface area contributed by atoms with E-state index in [1.165, 1.54) is 0 Å². The van der Waals surface area contributed by atoms with Crippen LogP contribution < -0.4 is 9.47 Å². The first-order valence-corrected chi connectivity index (χ1v) is 6.88. The van der Waals surface area contributed by atoms with Crippen LogP contribution in [0.2, 0.25) is 0 Å². The Labute approximate surface area is 124 Å². The molecule has 19 heavy (non-hydrogen) atoms. The second-order valence-corrected chi connectivity index (χ2v) is 4.82. The van der Waals surface area contributed by atoms with Gasteiger partial charge in [0.1, 0.15) is 6.61 Å². The van der Waals surface area contributed by atoms with Crippen molar-refractivity contribution < 1.29 is 9.47 Å². The molecule has 0 aliphatic carbocycles. The Kier molecular flexibility index (Phi) is 4.99. The molecule has 0 unspecified atom stereocenters. The van der Waals surface area contributed by atoms with E-state index in [1.807, 2.05) is 12.1 Å². The lowest BCUT2D eigenvalue weighted by Gasteiger charge is -2.13. The van der Waals surface area contributed by atoms with Crippen molar-refractivity contribution in [3.8, 4) is 11.5 Å². The smallest absolute Gasteiger partial charge is 0.176 e. The minimum atomic E-state index is 0.274. The van der Waals surface area contributed by atoms with Gasteiger partial charge in [0.2, 0.25) is 0 Å². The fourth-order valence-electron chi connectivity index (χ4n) is 1.53. The predicted octanol–water partition coefficient (Wildman–Crippen LogP) is 3.57. The fraction of sp³-hybridized carbons (Fsp3) is 0.231. The molecule has 2 rings (SSSR count). The number of halogens is 2. The average molecular weight is 344 g/mol. The maximum Gasteiger partial charge on any atom is 0.176 e. The summed E-state index contributed by atoms with van der Waals surface area (Å²) in [4.78, 5) is 8.20. The van der Waals surface area contributed by atoms with Crippen molar-refractivity contribution in [2.24, 2.45) is 0 Å². The van der Waals surface area contributed by atoms with Gasteiger partial charge in [-0.05, 0) is 39.7 Å². The van der Waals surface area contributed by atoms with E-state index in [-0.39, 0.29) is 6.61 Å². The first-order chi connectivity index (χ1) is 9.24. The summed E-state index contributed by atoms with van der Waals surface area (Å²) >= 11 is 9.26. The Morgan fingerprint density at radius 3 is 2.63 bits per heavy atom. The lowest BCUT2D eigenvalue weighted by atomic mass is 10.2. The molecule has 0 N–H and O–H groups in total. The van der Waals surface area contributed by atoms with Gasteiger partial charge in [-0.2, -0.15) is 0 Å². The van der Waals surface area contributed by atoms with Crippen LogP contribution in [-0.4, -0.2) is 17.1 Å². The molecule has 0 spiro atoms. The Morgan fingerprint density at radius 1 is 1.26 bits per heavy atom. The molecule has 0 amide bonds. The molecule has 1 aromatic heterocycles. The van der Waals surface area contributed by atoms with Gasteiger partial charge < -0.3 is 9.47 Å². The number of aromatic nitrogens is 2. The molecular formula is C13H12BrClN2O2. The van der Waals surface area contributed by atoms with Crippen LogP contribution in [0.25, 0.3) is 0 Å². The Balaban J connectivity index is 2.20. The SMILES string of the molecule is COc1cc(CCl)cc(Br)c1OCc1ncccn1. The lowest BCUT2D eigenvalue weighted by Crippen LogP contribution is -2.02. The third-order valence-electron chi connectivity index (χ3n) is 2.41. The van der Waals surface area contributed by atoms with Gasteiger partial charge in [0.15, 0.2) is 17.3 Å². The summed E-state index contributed by atoms with van der Waals surface area (Å²) in [6, 6.07) is 5.50. The van der Waals surface area contributed by atoms with Gasteiger partial charge in [0.05, 0.1) is 11.6 Å². The number of nitrogens with zero attached hydrogens (tertiary/aromatic N) is 2. The normalized spacial score (nSPS) is 10.3. The van der Waals surface area contributed by atoms with Crippen molar-refractivity contribution in [1.29, 1.82) is 0 Å². The summed E-state index contributed by atoms with van der Waals surface area (Å²) in [5.41, 5.74) is 0.953. The molecule has 100 valence electrons. The highest BCUT2D eigenvalue weighted by molar-refractivity contribution is 9.10. The molecule has 0 saturated carbocycles. The van der Waals surface area contributed by atoms with Gasteiger partial charge in [-0.3, -0.25) is 0 Å². The molecule has 0 bridgehead atoms. The molecule has 6 heteroatoms. The first kappa shape index (κ1) is 14.1. The average Bonchev–Trinajstić information content (AvgIpc) is 2.46. The Morgan fingerprint density at radius 2 is 2.00 bits per heavy atom. The summed E-state index contributed by atoms with van der Waals surface area (Å²) in [5, 5.41) is 0. The second-order valence-electron chi connectivity index (χ2n) is 3.70. The zero-order valence-corrected chi connectivity index (χ0v) is 12.6. The molecule has 0 saturated heterocycles. The molecular weight excluding hydrogens is 332 g/mol. The molecule has 1 aromatic carbocycles. The summed E-state index contributed by atoms with van der Waals surface area (Å²) < 4.78 is 11.8. The summed E-state index contributed by atoms with van der Waals surface area (Å²) in [6.45, 7) is 0.274. The highest BCUT2D eigenvalue weighted by Crippen LogP contribution is 2.37. The van der Waals surface area contributed by atoms with E-state index in [0.717, 1.165) is 10.0 Å². The summed E-state index contributed by atoms with van der Waals surface area (Å²) in [6.07, 6.45) is 3.35. The highest BCUT2D eigenvalue weighted by atomic mass is 79.9. The third-order valence-corrected chi connectivity index (χ3v) is 3.31. The second kappa shape index (κ2) is 6.73. The summed E-state index contributed by atoms with van der Waals surface area (Å²) in [7, 11) is 1.59. The van der Waals surface area contributed by atoms with Gasteiger partial charge in [0, 0.05) is 18.3 Å². The number of alkyl halides is 1. The number of benzene rings is 1. The van der Waals surface area contributed by atoms with E-state index < -0.39 is 0 Å². The van der Waals surface area contributed by atoms with Crippen molar-refractivity contribution in [1.82, 2.24) is 9.97 Å². The van der Waals surface area contributed by atoms with Crippen LogP contribution in [0.15, 0.2) is 35.1 Å². The number of methoxy groups -OCH3 is 1. The van der Waals surface area contributed by atoms with Gasteiger partial charge in [-0.1, -0.05) is 0 Å². The van der Waals surface area contributed by atoms with Crippen molar-refractivity contribution >= 4 is 27.5 Å². The first-order valence-electron chi connectivity index (χ1n) is 5.55. The molecule has 0 radical (unpaired) electrons. The minimum absolute atomic E-state index is 0.274. The molecule has 0 atom stereocenters. The molecule has 1 heterocycles. The van der Waals surface area contributed by atoms with E-state index in [1.54, 1.807) is 25.6 Å². The van der Waals surface area contributed by atoms with Crippen LogP contribution in [0.4, 0.5) is 0 Å². The minimum Gasteiger partial charge on any atom is -0.493 e. The lowest BCUT2D eigenvalue weighted by molar-refractivity contribution is 0.274. The molecule has 0 aliphatic heterocycles. The number of rotatable bonds is 5. The van der Waals surface area contributed by atoms with Gasteiger partial charge >= 0.3 is 0 Å². The van der Waals surface area contributed by atoms with Crippen LogP contribution in [0.1, 0.15) is 11.4 Å². The van der Waals surface area contributed by atoms with E-state index in [9.17, 15) is 0 Å².